The fourth-order valence-electron chi connectivity index (χ4n) is 3.61. The molecule has 3 rings (SSSR count). The summed E-state index contributed by atoms with van der Waals surface area (Å²) in [5.74, 6) is 2.81. The van der Waals surface area contributed by atoms with Crippen LogP contribution >= 0.6 is 12.2 Å². The Hall–Kier alpha value is -4.56. The summed E-state index contributed by atoms with van der Waals surface area (Å²) in [5, 5.41) is 10.4. The Kier molecular flexibility index (Phi) is 10.1. The van der Waals surface area contributed by atoms with E-state index in [0.29, 0.717) is 44.8 Å². The van der Waals surface area contributed by atoms with E-state index in [1.165, 1.54) is 13.3 Å². The zero-order valence-corrected chi connectivity index (χ0v) is 22.0. The molecule has 10 nitrogen and oxygen atoms in total. The molecule has 1 amide bonds. The van der Waals surface area contributed by atoms with Gasteiger partial charge in [-0.15, -0.1) is 6.42 Å². The van der Waals surface area contributed by atoms with Crippen LogP contribution in [0.3, 0.4) is 0 Å². The zero-order chi connectivity index (χ0) is 27.5. The quantitative estimate of drug-likeness (QED) is 0.131. The fourth-order valence-corrected chi connectivity index (χ4v) is 3.89. The number of allylic oxidation sites excluding steroid dienone is 1. The summed E-state index contributed by atoms with van der Waals surface area (Å²) in [6.07, 6.45) is 6.68. The topological polar surface area (TPSA) is 120 Å². The monoisotopic (exact) mass is 536 g/mol. The first-order valence-corrected chi connectivity index (χ1v) is 12.0. The van der Waals surface area contributed by atoms with Crippen LogP contribution in [0.25, 0.3) is 0 Å². The molecule has 1 aliphatic rings. The number of rotatable bonds is 11. The molecule has 0 saturated heterocycles. The number of ether oxygens (including phenoxy) is 4. The molecule has 0 fully saturated rings. The first-order valence-electron chi connectivity index (χ1n) is 11.6. The molecule has 0 aromatic heterocycles. The summed E-state index contributed by atoms with van der Waals surface area (Å²) in [6.45, 7) is 3.50. The molecule has 0 radical (unpaired) electrons. The average Bonchev–Trinajstić information content (AvgIpc) is 2.90. The highest BCUT2D eigenvalue weighted by Gasteiger charge is 2.32. The summed E-state index contributed by atoms with van der Waals surface area (Å²) < 4.78 is 21.7. The van der Waals surface area contributed by atoms with Gasteiger partial charge < -0.3 is 29.6 Å². The van der Waals surface area contributed by atoms with Crippen molar-refractivity contribution in [1.82, 2.24) is 16.1 Å². The van der Waals surface area contributed by atoms with E-state index < -0.39 is 17.9 Å². The number of nitrogens with one attached hydrogen (secondary N) is 3. The van der Waals surface area contributed by atoms with Crippen LogP contribution in [-0.2, 0) is 14.3 Å². The van der Waals surface area contributed by atoms with Crippen LogP contribution in [0.4, 0.5) is 0 Å². The first kappa shape index (κ1) is 28.0. The van der Waals surface area contributed by atoms with Crippen molar-refractivity contribution in [1.29, 1.82) is 0 Å². The van der Waals surface area contributed by atoms with E-state index in [4.69, 9.17) is 37.6 Å². The first-order chi connectivity index (χ1) is 18.4. The molecule has 1 heterocycles. The predicted octanol–water partition coefficient (Wildman–Crippen LogP) is 2.59. The number of hydrazone groups is 1. The lowest BCUT2D eigenvalue weighted by molar-refractivity contribution is -0.139. The number of nitrogens with zero attached hydrogens (tertiary/aromatic N) is 1. The zero-order valence-electron chi connectivity index (χ0n) is 21.2. The van der Waals surface area contributed by atoms with E-state index in [1.807, 2.05) is 0 Å². The number of amides is 1. The minimum Gasteiger partial charge on any atom is -0.493 e. The third-order valence-electron chi connectivity index (χ3n) is 5.25. The van der Waals surface area contributed by atoms with Crippen LogP contribution in [0.5, 0.6) is 17.2 Å². The van der Waals surface area contributed by atoms with Crippen molar-refractivity contribution in [3.63, 3.8) is 0 Å². The maximum Gasteiger partial charge on any atom is 0.338 e. The minimum absolute atomic E-state index is 0.114. The predicted molar refractivity (Wildman–Crippen MR) is 146 cm³/mol. The average molecular weight is 537 g/mol. The van der Waals surface area contributed by atoms with Gasteiger partial charge in [0, 0.05) is 11.3 Å². The van der Waals surface area contributed by atoms with Gasteiger partial charge >= 0.3 is 5.97 Å². The van der Waals surface area contributed by atoms with Crippen molar-refractivity contribution in [2.75, 3.05) is 26.9 Å². The normalized spacial score (nSPS) is 14.7. The van der Waals surface area contributed by atoms with Crippen LogP contribution in [-0.4, -0.2) is 50.1 Å². The molecule has 38 heavy (non-hydrogen) atoms. The summed E-state index contributed by atoms with van der Waals surface area (Å²) in [4.78, 5) is 25.1. The molecule has 0 unspecified atom stereocenters. The van der Waals surface area contributed by atoms with Crippen LogP contribution < -0.4 is 30.3 Å². The molecular formula is C27H28N4O6S. The van der Waals surface area contributed by atoms with Crippen molar-refractivity contribution in [3.05, 3.63) is 64.9 Å². The third kappa shape index (κ3) is 7.24. The summed E-state index contributed by atoms with van der Waals surface area (Å²) >= 11 is 5.29. The largest absolute Gasteiger partial charge is 0.493 e. The number of benzene rings is 2. The van der Waals surface area contributed by atoms with E-state index in [-0.39, 0.29) is 19.8 Å². The van der Waals surface area contributed by atoms with Gasteiger partial charge in [0.05, 0.1) is 31.5 Å². The van der Waals surface area contributed by atoms with Crippen LogP contribution in [0.15, 0.2) is 58.8 Å². The second-order valence-electron chi connectivity index (χ2n) is 7.81. The Labute approximate surface area is 226 Å². The molecule has 0 aliphatic carbocycles. The Morgan fingerprint density at radius 2 is 1.97 bits per heavy atom. The lowest BCUT2D eigenvalue weighted by atomic mass is 9.95. The van der Waals surface area contributed by atoms with Gasteiger partial charge in [0.15, 0.2) is 23.2 Å². The van der Waals surface area contributed by atoms with Gasteiger partial charge in [-0.1, -0.05) is 24.1 Å². The smallest absolute Gasteiger partial charge is 0.338 e. The highest BCUT2D eigenvalue weighted by molar-refractivity contribution is 7.80. The highest BCUT2D eigenvalue weighted by atomic mass is 32.1. The minimum atomic E-state index is -0.623. The maximum atomic E-state index is 12.7. The molecule has 198 valence electrons. The van der Waals surface area contributed by atoms with Gasteiger partial charge in [-0.2, -0.15) is 5.10 Å². The molecule has 0 spiro atoms. The summed E-state index contributed by atoms with van der Waals surface area (Å²) in [5.41, 5.74) is 4.66. The lowest BCUT2D eigenvalue weighted by Crippen LogP contribution is -2.45. The molecule has 2 aromatic rings. The number of methoxy groups -OCH3 is 1. The number of esters is 1. The highest BCUT2D eigenvalue weighted by Crippen LogP contribution is 2.33. The van der Waals surface area contributed by atoms with Gasteiger partial charge in [0.1, 0.15) is 12.4 Å². The second kappa shape index (κ2) is 13.7. The molecule has 0 saturated carbocycles. The third-order valence-corrected chi connectivity index (χ3v) is 5.47. The number of para-hydroxylation sites is 1. The summed E-state index contributed by atoms with van der Waals surface area (Å²) in [7, 11) is 1.51. The lowest BCUT2D eigenvalue weighted by Gasteiger charge is -2.30. The Morgan fingerprint density at radius 3 is 2.71 bits per heavy atom. The number of terminal acetylenes is 1. The number of thiocarbonyl (C=S) groups is 1. The van der Waals surface area contributed by atoms with Crippen molar-refractivity contribution in [2.24, 2.45) is 5.10 Å². The van der Waals surface area contributed by atoms with Crippen LogP contribution in [0.1, 0.15) is 31.0 Å². The van der Waals surface area contributed by atoms with Crippen LogP contribution in [0, 0.1) is 12.3 Å². The van der Waals surface area contributed by atoms with Crippen molar-refractivity contribution >= 4 is 35.4 Å². The molecular weight excluding hydrogens is 508 g/mol. The SMILES string of the molecule is C#CCOc1ccc(C=NNC(=O)COc2ccccc2[C@@H]2NC(=S)NC(C)=C2C(=O)OCC)cc1OC. The molecule has 3 N–H and O–H groups in total. The molecule has 11 heteroatoms. The van der Waals surface area contributed by atoms with Gasteiger partial charge in [-0.05, 0) is 55.9 Å². The Morgan fingerprint density at radius 1 is 1.18 bits per heavy atom. The fraction of sp³-hybridized carbons (Fsp3) is 0.259. The second-order valence-corrected chi connectivity index (χ2v) is 8.22. The number of hydrogen-bond acceptors (Lipinski definition) is 8. The standard InChI is InChI=1S/C27H28N4O6S/c1-5-13-36-21-12-11-18(14-22(21)34-4)15-28-31-23(32)16-37-20-10-8-7-9-19(20)25-24(26(33)35-6-2)17(3)29-27(38)30-25/h1,7-12,14-15,25H,6,13,16H2,2-4H3,(H,31,32)(H2,29,30,38)/t25-/m0/s1. The maximum absolute atomic E-state index is 12.7. The number of carbonyl (C=O) groups excluding carboxylic acids is 2. The van der Waals surface area contributed by atoms with E-state index >= 15 is 0 Å². The van der Waals surface area contributed by atoms with Crippen molar-refractivity contribution in [3.8, 4) is 29.6 Å². The number of hydrogen-bond donors (Lipinski definition) is 3. The van der Waals surface area contributed by atoms with Gasteiger partial charge in [-0.25, -0.2) is 10.2 Å². The van der Waals surface area contributed by atoms with Crippen molar-refractivity contribution in [2.45, 2.75) is 19.9 Å². The Balaban J connectivity index is 1.67. The Bertz CT molecular complexity index is 1300. The van der Waals surface area contributed by atoms with Gasteiger partial charge in [0.2, 0.25) is 0 Å². The van der Waals surface area contributed by atoms with E-state index in [0.717, 1.165) is 0 Å². The van der Waals surface area contributed by atoms with Crippen LogP contribution in [0.2, 0.25) is 0 Å². The molecule has 2 aromatic carbocycles. The van der Waals surface area contributed by atoms with E-state index in [9.17, 15) is 9.59 Å². The van der Waals surface area contributed by atoms with Gasteiger partial charge in [0.25, 0.3) is 5.91 Å². The van der Waals surface area contributed by atoms with E-state index in [2.05, 4.69) is 27.1 Å². The molecule has 1 aliphatic heterocycles. The molecule has 1 atom stereocenters. The van der Waals surface area contributed by atoms with E-state index in [1.54, 1.807) is 56.3 Å². The van der Waals surface area contributed by atoms with Crippen molar-refractivity contribution < 1.29 is 28.5 Å². The summed E-state index contributed by atoms with van der Waals surface area (Å²) in [6, 6.07) is 11.6. The number of carbonyl (C=O) groups is 2. The van der Waals surface area contributed by atoms with Gasteiger partial charge in [-0.3, -0.25) is 4.79 Å². The molecule has 0 bridgehead atoms.